The first-order valence-electron chi connectivity index (χ1n) is 8.81. The number of benzene rings is 3. The van der Waals surface area contributed by atoms with Crippen molar-refractivity contribution in [1.82, 2.24) is 0 Å². The van der Waals surface area contributed by atoms with Crippen molar-refractivity contribution in [3.05, 3.63) is 98.2 Å². The Balaban J connectivity index is 1.76. The van der Waals surface area contributed by atoms with Crippen molar-refractivity contribution >= 4 is 49.5 Å². The van der Waals surface area contributed by atoms with E-state index in [9.17, 15) is 14.4 Å². The Kier molecular flexibility index (Phi) is 7.39. The summed E-state index contributed by atoms with van der Waals surface area (Å²) in [5, 5.41) is 12.0. The SMILES string of the molecule is N#CC(=Cc1cc(Br)c(OCc2ccccc2)c(Br)c1)C(=O)Nc1ccc(F)cc1. The molecular weight excluding hydrogens is 515 g/mol. The van der Waals surface area contributed by atoms with Crippen molar-refractivity contribution in [2.24, 2.45) is 0 Å². The summed E-state index contributed by atoms with van der Waals surface area (Å²) < 4.78 is 20.2. The summed E-state index contributed by atoms with van der Waals surface area (Å²) in [4.78, 5) is 12.4. The molecule has 0 spiro atoms. The molecular formula is C23H15Br2FN2O2. The molecule has 0 saturated carbocycles. The summed E-state index contributed by atoms with van der Waals surface area (Å²) in [6.45, 7) is 0.400. The fourth-order valence-electron chi connectivity index (χ4n) is 2.58. The number of hydrogen-bond acceptors (Lipinski definition) is 3. The topological polar surface area (TPSA) is 62.1 Å². The molecule has 0 aromatic heterocycles. The van der Waals surface area contributed by atoms with Gasteiger partial charge < -0.3 is 10.1 Å². The molecule has 3 aromatic rings. The zero-order chi connectivity index (χ0) is 21.5. The van der Waals surface area contributed by atoms with Crippen LogP contribution in [0, 0.1) is 17.1 Å². The van der Waals surface area contributed by atoms with Crippen molar-refractivity contribution in [2.45, 2.75) is 6.61 Å². The summed E-state index contributed by atoms with van der Waals surface area (Å²) in [6.07, 6.45) is 1.47. The molecule has 3 aromatic carbocycles. The maximum Gasteiger partial charge on any atom is 0.266 e. The smallest absolute Gasteiger partial charge is 0.266 e. The van der Waals surface area contributed by atoms with Gasteiger partial charge in [0.25, 0.3) is 5.91 Å². The van der Waals surface area contributed by atoms with Gasteiger partial charge in [0.05, 0.1) is 8.95 Å². The van der Waals surface area contributed by atoms with Gasteiger partial charge in [0.1, 0.15) is 29.8 Å². The number of halogens is 3. The molecule has 0 saturated heterocycles. The average Bonchev–Trinajstić information content (AvgIpc) is 2.73. The zero-order valence-electron chi connectivity index (χ0n) is 15.5. The van der Waals surface area contributed by atoms with Crippen LogP contribution in [-0.2, 0) is 11.4 Å². The van der Waals surface area contributed by atoms with E-state index in [1.807, 2.05) is 36.4 Å². The van der Waals surface area contributed by atoms with Crippen LogP contribution in [0.3, 0.4) is 0 Å². The molecule has 0 heterocycles. The van der Waals surface area contributed by atoms with Gasteiger partial charge in [-0.25, -0.2) is 4.39 Å². The molecule has 0 aliphatic heterocycles. The van der Waals surface area contributed by atoms with Crippen LogP contribution in [0.5, 0.6) is 5.75 Å². The Morgan fingerprint density at radius 2 is 1.70 bits per heavy atom. The highest BCUT2D eigenvalue weighted by Gasteiger charge is 2.13. The van der Waals surface area contributed by atoms with Crippen molar-refractivity contribution in [1.29, 1.82) is 5.26 Å². The Morgan fingerprint density at radius 1 is 1.07 bits per heavy atom. The van der Waals surface area contributed by atoms with E-state index in [-0.39, 0.29) is 5.57 Å². The average molecular weight is 530 g/mol. The summed E-state index contributed by atoms with van der Waals surface area (Å²) in [6, 6.07) is 20.5. The third-order valence-electron chi connectivity index (χ3n) is 4.02. The van der Waals surface area contributed by atoms with Crippen LogP contribution in [0.4, 0.5) is 10.1 Å². The lowest BCUT2D eigenvalue weighted by Gasteiger charge is -2.12. The lowest BCUT2D eigenvalue weighted by molar-refractivity contribution is -0.112. The van der Waals surface area contributed by atoms with Crippen molar-refractivity contribution < 1.29 is 13.9 Å². The normalized spacial score (nSPS) is 10.9. The van der Waals surface area contributed by atoms with Crippen LogP contribution in [0.1, 0.15) is 11.1 Å². The van der Waals surface area contributed by atoms with E-state index in [2.05, 4.69) is 37.2 Å². The minimum absolute atomic E-state index is 0.0870. The maximum atomic E-state index is 13.0. The van der Waals surface area contributed by atoms with Crippen LogP contribution in [-0.4, -0.2) is 5.91 Å². The van der Waals surface area contributed by atoms with E-state index in [4.69, 9.17) is 4.74 Å². The van der Waals surface area contributed by atoms with Gasteiger partial charge in [-0.15, -0.1) is 0 Å². The van der Waals surface area contributed by atoms with Gasteiger partial charge in [0, 0.05) is 5.69 Å². The molecule has 3 rings (SSSR count). The van der Waals surface area contributed by atoms with E-state index in [0.29, 0.717) is 32.6 Å². The van der Waals surface area contributed by atoms with Crippen LogP contribution >= 0.6 is 31.9 Å². The van der Waals surface area contributed by atoms with Crippen molar-refractivity contribution in [3.63, 3.8) is 0 Å². The van der Waals surface area contributed by atoms with Crippen molar-refractivity contribution in [3.8, 4) is 11.8 Å². The Bertz CT molecular complexity index is 1100. The number of rotatable bonds is 6. The highest BCUT2D eigenvalue weighted by molar-refractivity contribution is 9.11. The molecule has 0 aliphatic rings. The summed E-state index contributed by atoms with van der Waals surface area (Å²) >= 11 is 6.96. The molecule has 0 aliphatic carbocycles. The molecule has 4 nitrogen and oxygen atoms in total. The minimum Gasteiger partial charge on any atom is -0.487 e. The molecule has 150 valence electrons. The lowest BCUT2D eigenvalue weighted by atomic mass is 10.1. The van der Waals surface area contributed by atoms with Gasteiger partial charge in [-0.2, -0.15) is 5.26 Å². The summed E-state index contributed by atoms with van der Waals surface area (Å²) in [7, 11) is 0. The summed E-state index contributed by atoms with van der Waals surface area (Å²) in [5.41, 5.74) is 1.97. The van der Waals surface area contributed by atoms with Gasteiger partial charge >= 0.3 is 0 Å². The first-order valence-corrected chi connectivity index (χ1v) is 10.4. The number of nitrogens with one attached hydrogen (secondary N) is 1. The highest BCUT2D eigenvalue weighted by Crippen LogP contribution is 2.36. The molecule has 0 radical (unpaired) electrons. The second kappa shape index (κ2) is 10.2. The Hall–Kier alpha value is -2.95. The van der Waals surface area contributed by atoms with E-state index >= 15 is 0 Å². The lowest BCUT2D eigenvalue weighted by Crippen LogP contribution is -2.13. The minimum atomic E-state index is -0.583. The maximum absolute atomic E-state index is 13.0. The Labute approximate surface area is 190 Å². The van der Waals surface area contributed by atoms with Gasteiger partial charge in [-0.1, -0.05) is 30.3 Å². The van der Waals surface area contributed by atoms with Crippen LogP contribution in [0.2, 0.25) is 0 Å². The number of ether oxygens (including phenoxy) is 1. The first kappa shape index (κ1) is 21.8. The molecule has 7 heteroatoms. The molecule has 0 atom stereocenters. The van der Waals surface area contributed by atoms with Gasteiger partial charge in [0.15, 0.2) is 0 Å². The standard InChI is InChI=1S/C23H15Br2FN2O2/c24-20-11-16(12-21(25)22(20)30-14-15-4-2-1-3-5-15)10-17(13-27)23(29)28-19-8-6-18(26)7-9-19/h1-12H,14H2,(H,28,29). The predicted molar refractivity (Wildman–Crippen MR) is 121 cm³/mol. The van der Waals surface area contributed by atoms with E-state index in [1.165, 1.54) is 30.3 Å². The third kappa shape index (κ3) is 5.78. The second-order valence-electron chi connectivity index (χ2n) is 6.22. The summed E-state index contributed by atoms with van der Waals surface area (Å²) in [5.74, 6) is -0.376. The second-order valence-corrected chi connectivity index (χ2v) is 7.93. The van der Waals surface area contributed by atoms with Crippen LogP contribution < -0.4 is 10.1 Å². The number of hydrogen-bond donors (Lipinski definition) is 1. The number of amides is 1. The van der Waals surface area contributed by atoms with Crippen molar-refractivity contribution in [2.75, 3.05) is 5.32 Å². The fourth-order valence-corrected chi connectivity index (χ4v) is 4.03. The quantitative estimate of drug-likeness (QED) is 0.294. The van der Waals surface area contributed by atoms with E-state index < -0.39 is 11.7 Å². The van der Waals surface area contributed by atoms with E-state index in [1.54, 1.807) is 12.1 Å². The number of carbonyl (C=O) groups is 1. The number of carbonyl (C=O) groups excluding carboxylic acids is 1. The molecule has 1 amide bonds. The number of nitrogens with zero attached hydrogens (tertiary/aromatic N) is 1. The predicted octanol–water partition coefficient (Wildman–Crippen LogP) is 6.48. The van der Waals surface area contributed by atoms with Crippen LogP contribution in [0.25, 0.3) is 6.08 Å². The monoisotopic (exact) mass is 528 g/mol. The van der Waals surface area contributed by atoms with Gasteiger partial charge in [0.2, 0.25) is 0 Å². The highest BCUT2D eigenvalue weighted by atomic mass is 79.9. The zero-order valence-corrected chi connectivity index (χ0v) is 18.7. The Morgan fingerprint density at radius 3 is 2.30 bits per heavy atom. The molecule has 30 heavy (non-hydrogen) atoms. The molecule has 0 bridgehead atoms. The third-order valence-corrected chi connectivity index (χ3v) is 5.20. The number of anilines is 1. The fraction of sp³-hybridized carbons (Fsp3) is 0.0435. The van der Waals surface area contributed by atoms with Gasteiger partial charge in [-0.3, -0.25) is 4.79 Å². The first-order chi connectivity index (χ1) is 14.5. The van der Waals surface area contributed by atoms with Crippen LogP contribution in [0.15, 0.2) is 81.2 Å². The molecule has 1 N–H and O–H groups in total. The van der Waals surface area contributed by atoms with Gasteiger partial charge in [-0.05, 0) is 85.5 Å². The molecule has 0 unspecified atom stereocenters. The largest absolute Gasteiger partial charge is 0.487 e. The van der Waals surface area contributed by atoms with E-state index in [0.717, 1.165) is 5.56 Å². The molecule has 0 fully saturated rings. The number of nitriles is 1.